The average Bonchev–Trinajstić information content (AvgIpc) is 3.13. The van der Waals surface area contributed by atoms with Gasteiger partial charge in [0.05, 0.1) is 18.8 Å². The molecule has 25 heavy (non-hydrogen) atoms. The number of fused-ring (bicyclic) bond motifs is 2. The van der Waals surface area contributed by atoms with E-state index in [0.717, 1.165) is 6.42 Å². The van der Waals surface area contributed by atoms with Crippen LogP contribution in [-0.2, 0) is 4.74 Å². The molecule has 132 valence electrons. The average molecular weight is 347 g/mol. The Morgan fingerprint density at radius 1 is 1.44 bits per heavy atom. The zero-order valence-corrected chi connectivity index (χ0v) is 13.7. The zero-order valence-electron chi connectivity index (χ0n) is 13.7. The van der Waals surface area contributed by atoms with E-state index in [4.69, 9.17) is 14.0 Å². The summed E-state index contributed by atoms with van der Waals surface area (Å²) in [5.41, 5.74) is 0.255. The molecule has 0 spiro atoms. The van der Waals surface area contributed by atoms with Gasteiger partial charge >= 0.3 is 0 Å². The van der Waals surface area contributed by atoms with Crippen LogP contribution in [0.15, 0.2) is 28.9 Å². The minimum atomic E-state index is -0.531. The van der Waals surface area contributed by atoms with Crippen LogP contribution in [0.3, 0.4) is 0 Å². The van der Waals surface area contributed by atoms with Gasteiger partial charge in [-0.1, -0.05) is 5.16 Å². The van der Waals surface area contributed by atoms with Gasteiger partial charge in [0.15, 0.2) is 11.5 Å². The van der Waals surface area contributed by atoms with Gasteiger partial charge in [0, 0.05) is 18.8 Å². The van der Waals surface area contributed by atoms with Crippen molar-refractivity contribution in [3.8, 4) is 5.88 Å². The number of carbonyl (C=O) groups is 1. The summed E-state index contributed by atoms with van der Waals surface area (Å²) in [6.45, 7) is 2.56. The van der Waals surface area contributed by atoms with Crippen LogP contribution >= 0.6 is 0 Å². The second-order valence-corrected chi connectivity index (χ2v) is 6.25. The number of aromatic nitrogens is 2. The maximum atomic E-state index is 13.9. The topological polar surface area (TPSA) is 77.7 Å². The van der Waals surface area contributed by atoms with E-state index in [1.54, 1.807) is 17.9 Å². The number of nitrogens with zero attached hydrogens (tertiary/aromatic N) is 3. The van der Waals surface area contributed by atoms with Gasteiger partial charge in [0.25, 0.3) is 11.8 Å². The molecule has 1 aliphatic carbocycles. The lowest BCUT2D eigenvalue weighted by Gasteiger charge is -2.30. The highest BCUT2D eigenvalue weighted by molar-refractivity contribution is 5.92. The summed E-state index contributed by atoms with van der Waals surface area (Å²) in [6.07, 6.45) is 2.27. The molecule has 1 aliphatic heterocycles. The van der Waals surface area contributed by atoms with E-state index in [0.29, 0.717) is 25.3 Å². The molecule has 7 nitrogen and oxygen atoms in total. The molecule has 0 aromatic carbocycles. The van der Waals surface area contributed by atoms with Crippen molar-refractivity contribution in [2.75, 3.05) is 13.2 Å². The van der Waals surface area contributed by atoms with Crippen LogP contribution in [0.2, 0.25) is 0 Å². The highest BCUT2D eigenvalue weighted by atomic mass is 19.1. The molecule has 0 N–H and O–H groups in total. The van der Waals surface area contributed by atoms with Gasteiger partial charge in [0.2, 0.25) is 0 Å². The van der Waals surface area contributed by atoms with Crippen LogP contribution in [0.4, 0.5) is 4.39 Å². The van der Waals surface area contributed by atoms with Gasteiger partial charge in [-0.3, -0.25) is 4.79 Å². The molecule has 0 unspecified atom stereocenters. The Balaban J connectivity index is 1.60. The summed E-state index contributed by atoms with van der Waals surface area (Å²) in [6, 6.07) is 4.18. The first-order valence-corrected chi connectivity index (χ1v) is 8.26. The second kappa shape index (κ2) is 6.44. The van der Waals surface area contributed by atoms with Crippen molar-refractivity contribution in [2.45, 2.75) is 38.0 Å². The van der Waals surface area contributed by atoms with E-state index in [9.17, 15) is 9.18 Å². The van der Waals surface area contributed by atoms with Crippen LogP contribution in [0, 0.1) is 12.7 Å². The maximum Gasteiger partial charge on any atom is 0.276 e. The van der Waals surface area contributed by atoms with Crippen LogP contribution in [-0.4, -0.2) is 52.3 Å². The van der Waals surface area contributed by atoms with Crippen LogP contribution in [0.5, 0.6) is 5.88 Å². The van der Waals surface area contributed by atoms with Crippen LogP contribution < -0.4 is 4.74 Å². The Morgan fingerprint density at radius 2 is 2.32 bits per heavy atom. The Hall–Kier alpha value is -2.48. The number of pyridine rings is 1. The van der Waals surface area contributed by atoms with Crippen LogP contribution in [0.1, 0.15) is 29.1 Å². The summed E-state index contributed by atoms with van der Waals surface area (Å²) in [7, 11) is 0. The molecule has 2 fully saturated rings. The lowest BCUT2D eigenvalue weighted by Crippen LogP contribution is -2.48. The fraction of sp³-hybridized carbons (Fsp3) is 0.471. The molecular weight excluding hydrogens is 329 g/mol. The van der Waals surface area contributed by atoms with Gasteiger partial charge in [-0.2, -0.15) is 0 Å². The van der Waals surface area contributed by atoms with Crippen molar-refractivity contribution < 1.29 is 23.2 Å². The smallest absolute Gasteiger partial charge is 0.276 e. The number of hydrogen-bond acceptors (Lipinski definition) is 6. The van der Waals surface area contributed by atoms with E-state index in [1.807, 2.05) is 0 Å². The van der Waals surface area contributed by atoms with E-state index >= 15 is 0 Å². The van der Waals surface area contributed by atoms with Gasteiger partial charge in [0.1, 0.15) is 11.9 Å². The van der Waals surface area contributed by atoms with Crippen molar-refractivity contribution in [2.24, 2.45) is 0 Å². The molecule has 1 saturated heterocycles. The molecule has 3 heterocycles. The first-order valence-electron chi connectivity index (χ1n) is 8.26. The van der Waals surface area contributed by atoms with E-state index < -0.39 is 11.9 Å². The largest absolute Gasteiger partial charge is 0.467 e. The molecule has 2 bridgehead atoms. The van der Waals surface area contributed by atoms with Gasteiger partial charge < -0.3 is 18.9 Å². The minimum absolute atomic E-state index is 0.0698. The molecule has 2 aromatic rings. The van der Waals surface area contributed by atoms with E-state index in [-0.39, 0.29) is 29.6 Å². The van der Waals surface area contributed by atoms with E-state index in [1.165, 1.54) is 18.3 Å². The molecule has 2 aromatic heterocycles. The Kier molecular flexibility index (Phi) is 4.12. The summed E-state index contributed by atoms with van der Waals surface area (Å²) >= 11 is 0. The molecule has 1 saturated carbocycles. The molecule has 4 rings (SSSR count). The SMILES string of the molecule is Cc1cc(C(=O)N2CCO[C@H]3CC[C@H]2[C@H]3Oc2ncccc2F)no1. The lowest BCUT2D eigenvalue weighted by atomic mass is 10.1. The molecule has 2 aliphatic rings. The monoisotopic (exact) mass is 347 g/mol. The minimum Gasteiger partial charge on any atom is -0.467 e. The third kappa shape index (κ3) is 2.97. The number of rotatable bonds is 3. The van der Waals surface area contributed by atoms with Gasteiger partial charge in [-0.15, -0.1) is 0 Å². The summed E-state index contributed by atoms with van der Waals surface area (Å²) in [5, 5.41) is 3.81. The number of amides is 1. The maximum absolute atomic E-state index is 13.9. The van der Waals surface area contributed by atoms with Crippen molar-refractivity contribution in [3.05, 3.63) is 41.7 Å². The fourth-order valence-corrected chi connectivity index (χ4v) is 3.50. The molecule has 3 atom stereocenters. The number of hydrogen-bond donors (Lipinski definition) is 0. The standard InChI is InChI=1S/C17H18FN3O4/c1-10-9-12(20-25-10)17(22)21-7-8-23-14-5-4-13(21)15(14)24-16-11(18)3-2-6-19-16/h2-3,6,9,13-15H,4-5,7-8H2,1H3/t13-,14-,15+/m0/s1. The van der Waals surface area contributed by atoms with Crippen molar-refractivity contribution in [3.63, 3.8) is 0 Å². The highest BCUT2D eigenvalue weighted by Crippen LogP contribution is 2.33. The van der Waals surface area contributed by atoms with Crippen molar-refractivity contribution >= 4 is 5.91 Å². The van der Waals surface area contributed by atoms with Crippen LogP contribution in [0.25, 0.3) is 0 Å². The van der Waals surface area contributed by atoms with Gasteiger partial charge in [-0.25, -0.2) is 9.37 Å². The lowest BCUT2D eigenvalue weighted by molar-refractivity contribution is 0.000298. The normalized spacial score (nSPS) is 25.7. The van der Waals surface area contributed by atoms with Crippen molar-refractivity contribution in [1.82, 2.24) is 15.0 Å². The third-order valence-electron chi connectivity index (χ3n) is 4.64. The predicted molar refractivity (Wildman–Crippen MR) is 83.6 cm³/mol. The molecular formula is C17H18FN3O4. The fourth-order valence-electron chi connectivity index (χ4n) is 3.50. The molecule has 8 heteroatoms. The predicted octanol–water partition coefficient (Wildman–Crippen LogP) is 1.97. The molecule has 1 amide bonds. The number of ether oxygens (including phenoxy) is 2. The number of carbonyl (C=O) groups excluding carboxylic acids is 1. The summed E-state index contributed by atoms with van der Waals surface area (Å²) in [5.74, 6) is -0.263. The summed E-state index contributed by atoms with van der Waals surface area (Å²) in [4.78, 5) is 18.5. The third-order valence-corrected chi connectivity index (χ3v) is 4.64. The van der Waals surface area contributed by atoms with Crippen molar-refractivity contribution in [1.29, 1.82) is 0 Å². The second-order valence-electron chi connectivity index (χ2n) is 6.25. The number of halogens is 1. The van der Waals surface area contributed by atoms with Gasteiger partial charge in [-0.05, 0) is 31.9 Å². The highest BCUT2D eigenvalue weighted by Gasteiger charge is 2.46. The zero-order chi connectivity index (χ0) is 17.4. The summed E-state index contributed by atoms with van der Waals surface area (Å²) < 4.78 is 30.6. The first-order chi connectivity index (χ1) is 12.1. The Morgan fingerprint density at radius 3 is 3.08 bits per heavy atom. The Labute approximate surface area is 143 Å². The molecule has 0 radical (unpaired) electrons. The van der Waals surface area contributed by atoms with E-state index in [2.05, 4.69) is 10.1 Å². The first kappa shape index (κ1) is 16.0. The number of aryl methyl sites for hydroxylation is 1. The quantitative estimate of drug-likeness (QED) is 0.845. The Bertz CT molecular complexity index is 781.